The highest BCUT2D eigenvalue weighted by atomic mass is 32.2. The maximum atomic E-state index is 12.4. The van der Waals surface area contributed by atoms with E-state index in [-0.39, 0.29) is 17.9 Å². The fraction of sp³-hybridized carbons (Fsp3) is 0.300. The second-order valence-electron chi connectivity index (χ2n) is 6.48. The first-order chi connectivity index (χ1) is 13.4. The van der Waals surface area contributed by atoms with Gasteiger partial charge in [0.15, 0.2) is 10.3 Å². The molecule has 0 unspecified atom stereocenters. The minimum atomic E-state index is -0.184. The molecule has 2 aromatic heterocycles. The Bertz CT molecular complexity index is 1060. The van der Waals surface area contributed by atoms with Crippen molar-refractivity contribution in [3.05, 3.63) is 56.3 Å². The van der Waals surface area contributed by atoms with Crippen LogP contribution in [0.1, 0.15) is 28.1 Å². The smallest absolute Gasteiger partial charge is 0.254 e. The van der Waals surface area contributed by atoms with Gasteiger partial charge < -0.3 is 10.3 Å². The Morgan fingerprint density at radius 3 is 2.54 bits per heavy atom. The topological polar surface area (TPSA) is 87.7 Å². The summed E-state index contributed by atoms with van der Waals surface area (Å²) < 4.78 is 0. The summed E-state index contributed by atoms with van der Waals surface area (Å²) in [5.41, 5.74) is 4.12. The van der Waals surface area contributed by atoms with Gasteiger partial charge in [-0.1, -0.05) is 41.6 Å². The standard InChI is InChI=1S/C20H22N4O2S2/c1-11-5-7-14(8-6-11)17-13(3)28-20(23-17)22-16(25)10-9-15-12(2)21-19(27-4)24-18(15)26/h5-8H,9-10H2,1-4H3,(H,21,24,26)(H,22,23,25). The molecule has 2 N–H and O–H groups in total. The number of thiazole rings is 1. The van der Waals surface area contributed by atoms with Crippen LogP contribution in [0, 0.1) is 20.8 Å². The van der Waals surface area contributed by atoms with Crippen molar-refractivity contribution in [1.29, 1.82) is 0 Å². The second-order valence-corrected chi connectivity index (χ2v) is 8.48. The Morgan fingerprint density at radius 2 is 1.89 bits per heavy atom. The number of thioether (sulfide) groups is 1. The third-order valence-electron chi connectivity index (χ3n) is 4.36. The van der Waals surface area contributed by atoms with Crippen molar-refractivity contribution in [3.8, 4) is 11.3 Å². The quantitative estimate of drug-likeness (QED) is 0.468. The van der Waals surface area contributed by atoms with Gasteiger partial charge in [0.05, 0.1) is 5.69 Å². The summed E-state index contributed by atoms with van der Waals surface area (Å²) >= 11 is 2.83. The largest absolute Gasteiger partial charge is 0.302 e. The number of hydrogen-bond donors (Lipinski definition) is 2. The first kappa shape index (κ1) is 20.3. The summed E-state index contributed by atoms with van der Waals surface area (Å²) in [4.78, 5) is 37.2. The van der Waals surface area contributed by atoms with E-state index in [0.29, 0.717) is 28.0 Å². The molecule has 6 nitrogen and oxygen atoms in total. The summed E-state index contributed by atoms with van der Waals surface area (Å²) in [6.45, 7) is 5.82. The van der Waals surface area contributed by atoms with E-state index >= 15 is 0 Å². The van der Waals surface area contributed by atoms with Crippen molar-refractivity contribution in [3.63, 3.8) is 0 Å². The molecule has 0 saturated heterocycles. The van der Waals surface area contributed by atoms with Crippen LogP contribution >= 0.6 is 23.1 Å². The predicted molar refractivity (Wildman–Crippen MR) is 115 cm³/mol. The Morgan fingerprint density at radius 1 is 1.18 bits per heavy atom. The zero-order chi connectivity index (χ0) is 20.3. The van der Waals surface area contributed by atoms with Gasteiger partial charge in [0.1, 0.15) is 0 Å². The lowest BCUT2D eigenvalue weighted by molar-refractivity contribution is -0.116. The lowest BCUT2D eigenvalue weighted by Crippen LogP contribution is -2.20. The van der Waals surface area contributed by atoms with Gasteiger partial charge in [0.25, 0.3) is 5.56 Å². The maximum Gasteiger partial charge on any atom is 0.254 e. The second kappa shape index (κ2) is 8.70. The number of carbonyl (C=O) groups is 1. The van der Waals surface area contributed by atoms with Crippen LogP contribution in [0.3, 0.4) is 0 Å². The molecule has 0 fully saturated rings. The van der Waals surface area contributed by atoms with Crippen molar-refractivity contribution in [2.45, 2.75) is 38.8 Å². The number of nitrogens with zero attached hydrogens (tertiary/aromatic N) is 2. The number of aromatic amines is 1. The minimum Gasteiger partial charge on any atom is -0.302 e. The molecule has 2 heterocycles. The number of anilines is 1. The fourth-order valence-electron chi connectivity index (χ4n) is 2.83. The predicted octanol–water partition coefficient (Wildman–Crippen LogP) is 4.11. The Kier molecular flexibility index (Phi) is 6.31. The zero-order valence-electron chi connectivity index (χ0n) is 16.3. The SMILES string of the molecule is CSc1nc(C)c(CCC(=O)Nc2nc(-c3ccc(C)cc3)c(C)s2)c(=O)[nH]1. The lowest BCUT2D eigenvalue weighted by atomic mass is 10.1. The number of amides is 1. The van der Waals surface area contributed by atoms with Crippen LogP contribution in [0.5, 0.6) is 0 Å². The summed E-state index contributed by atoms with van der Waals surface area (Å²) in [5, 5.41) is 4.00. The number of hydrogen-bond acceptors (Lipinski definition) is 6. The number of aryl methyl sites for hydroxylation is 3. The number of benzene rings is 1. The van der Waals surface area contributed by atoms with E-state index in [0.717, 1.165) is 16.1 Å². The first-order valence-electron chi connectivity index (χ1n) is 8.85. The Balaban J connectivity index is 1.67. The average molecular weight is 415 g/mol. The highest BCUT2D eigenvalue weighted by molar-refractivity contribution is 7.98. The average Bonchev–Trinajstić information content (AvgIpc) is 3.01. The third kappa shape index (κ3) is 4.69. The van der Waals surface area contributed by atoms with Gasteiger partial charge in [-0.2, -0.15) is 0 Å². The molecule has 8 heteroatoms. The molecule has 0 aliphatic carbocycles. The first-order valence-corrected chi connectivity index (χ1v) is 10.9. The summed E-state index contributed by atoms with van der Waals surface area (Å²) in [6, 6.07) is 8.15. The van der Waals surface area contributed by atoms with E-state index in [1.807, 2.05) is 44.4 Å². The summed E-state index contributed by atoms with van der Waals surface area (Å²) in [7, 11) is 0. The normalized spacial score (nSPS) is 10.9. The fourth-order valence-corrected chi connectivity index (χ4v) is 4.10. The van der Waals surface area contributed by atoms with Crippen LogP contribution in [-0.4, -0.2) is 27.1 Å². The van der Waals surface area contributed by atoms with Crippen LogP contribution < -0.4 is 10.9 Å². The summed E-state index contributed by atoms with van der Waals surface area (Å²) in [6.07, 6.45) is 2.39. The molecule has 1 aromatic carbocycles. The number of nitrogens with one attached hydrogen (secondary N) is 2. The van der Waals surface area contributed by atoms with E-state index in [2.05, 4.69) is 20.3 Å². The minimum absolute atomic E-state index is 0.169. The Labute approximate surface area is 171 Å². The van der Waals surface area contributed by atoms with E-state index < -0.39 is 0 Å². The van der Waals surface area contributed by atoms with Crippen LogP contribution in [0.15, 0.2) is 34.2 Å². The number of aromatic nitrogens is 3. The number of carbonyl (C=O) groups excluding carboxylic acids is 1. The molecule has 0 aliphatic rings. The van der Waals surface area contributed by atoms with Crippen LogP contribution in [0.4, 0.5) is 5.13 Å². The van der Waals surface area contributed by atoms with Crippen molar-refractivity contribution in [1.82, 2.24) is 15.0 Å². The van der Waals surface area contributed by atoms with Crippen molar-refractivity contribution in [2.24, 2.45) is 0 Å². The van der Waals surface area contributed by atoms with Gasteiger partial charge in [-0.15, -0.1) is 11.3 Å². The molecular weight excluding hydrogens is 392 g/mol. The van der Waals surface area contributed by atoms with E-state index in [1.165, 1.54) is 28.7 Å². The molecule has 146 valence electrons. The zero-order valence-corrected chi connectivity index (χ0v) is 17.9. The van der Waals surface area contributed by atoms with Gasteiger partial charge >= 0.3 is 0 Å². The molecule has 0 spiro atoms. The van der Waals surface area contributed by atoms with Crippen molar-refractivity contribution < 1.29 is 4.79 Å². The third-order valence-corrected chi connectivity index (χ3v) is 5.83. The molecule has 0 bridgehead atoms. The molecular formula is C20H22N4O2S2. The molecule has 3 rings (SSSR count). The lowest BCUT2D eigenvalue weighted by Gasteiger charge is -2.06. The van der Waals surface area contributed by atoms with E-state index in [4.69, 9.17) is 0 Å². The van der Waals surface area contributed by atoms with Crippen molar-refractivity contribution in [2.75, 3.05) is 11.6 Å². The Hall–Kier alpha value is -2.45. The van der Waals surface area contributed by atoms with Gasteiger partial charge in [-0.05, 0) is 33.4 Å². The van der Waals surface area contributed by atoms with Crippen LogP contribution in [0.25, 0.3) is 11.3 Å². The van der Waals surface area contributed by atoms with Crippen molar-refractivity contribution >= 4 is 34.1 Å². The molecule has 28 heavy (non-hydrogen) atoms. The molecule has 3 aromatic rings. The van der Waals surface area contributed by atoms with Gasteiger partial charge in [0, 0.05) is 28.1 Å². The maximum absolute atomic E-state index is 12.4. The van der Waals surface area contributed by atoms with Gasteiger partial charge in [-0.25, -0.2) is 9.97 Å². The monoisotopic (exact) mass is 414 g/mol. The van der Waals surface area contributed by atoms with Gasteiger partial charge in [-0.3, -0.25) is 9.59 Å². The molecule has 0 saturated carbocycles. The van der Waals surface area contributed by atoms with Gasteiger partial charge in [0.2, 0.25) is 5.91 Å². The van der Waals surface area contributed by atoms with E-state index in [1.54, 1.807) is 6.92 Å². The number of rotatable bonds is 6. The van der Waals surface area contributed by atoms with Crippen LogP contribution in [-0.2, 0) is 11.2 Å². The molecule has 1 amide bonds. The molecule has 0 radical (unpaired) electrons. The molecule has 0 atom stereocenters. The summed E-state index contributed by atoms with van der Waals surface area (Å²) in [5.74, 6) is -0.169. The number of H-pyrrole nitrogens is 1. The highest BCUT2D eigenvalue weighted by Gasteiger charge is 2.14. The molecule has 0 aliphatic heterocycles. The highest BCUT2D eigenvalue weighted by Crippen LogP contribution is 2.30. The van der Waals surface area contributed by atoms with Crippen LogP contribution in [0.2, 0.25) is 0 Å². The van der Waals surface area contributed by atoms with E-state index in [9.17, 15) is 9.59 Å².